The third-order valence-corrected chi connectivity index (χ3v) is 9.13. The maximum atomic E-state index is 14.9. The number of rotatable bonds is 6. The van der Waals surface area contributed by atoms with Gasteiger partial charge >= 0.3 is 0 Å². The van der Waals surface area contributed by atoms with Gasteiger partial charge in [-0.3, -0.25) is 24.5 Å². The van der Waals surface area contributed by atoms with Gasteiger partial charge in [0.2, 0.25) is 5.91 Å². The number of non-ortho nitro benzene ring substituents is 1. The summed E-state index contributed by atoms with van der Waals surface area (Å²) in [4.78, 5) is 57.3. The lowest BCUT2D eigenvalue weighted by molar-refractivity contribution is -0.384. The molecule has 0 saturated carbocycles. The smallest absolute Gasteiger partial charge is 0.270 e. The van der Waals surface area contributed by atoms with Gasteiger partial charge in [-0.25, -0.2) is 0 Å². The third kappa shape index (κ3) is 3.75. The molecule has 9 nitrogen and oxygen atoms in total. The lowest BCUT2D eigenvalue weighted by Gasteiger charge is -2.39. The molecular formula is C35H27N3O6. The molecule has 3 heterocycles. The highest BCUT2D eigenvalue weighted by Gasteiger charge is 2.70. The zero-order valence-corrected chi connectivity index (χ0v) is 23.9. The molecule has 1 spiro atoms. The molecule has 3 aliphatic rings. The van der Waals surface area contributed by atoms with Crippen LogP contribution in [0.25, 0.3) is 5.57 Å². The number of nitrogens with one attached hydrogen (secondary N) is 1. The molecule has 44 heavy (non-hydrogen) atoms. The molecule has 0 aliphatic carbocycles. The van der Waals surface area contributed by atoms with Crippen LogP contribution in [0, 0.1) is 16.0 Å². The number of Topliss-reactive ketones (excluding diaryl/α,β-unsaturated/α-hetero) is 2. The van der Waals surface area contributed by atoms with Gasteiger partial charge in [0, 0.05) is 40.2 Å². The van der Waals surface area contributed by atoms with Gasteiger partial charge in [-0.1, -0.05) is 66.7 Å². The molecule has 0 bridgehead atoms. The lowest BCUT2D eigenvalue weighted by Crippen LogP contribution is -2.51. The Labute approximate surface area is 252 Å². The molecule has 4 aromatic carbocycles. The van der Waals surface area contributed by atoms with Crippen LogP contribution in [0.5, 0.6) is 5.75 Å². The summed E-state index contributed by atoms with van der Waals surface area (Å²) in [5.74, 6) is -2.07. The van der Waals surface area contributed by atoms with Crippen molar-refractivity contribution in [1.29, 1.82) is 0 Å². The zero-order chi connectivity index (χ0) is 30.7. The summed E-state index contributed by atoms with van der Waals surface area (Å²) in [5.41, 5.74) is 2.29. The minimum absolute atomic E-state index is 0.0537. The van der Waals surface area contributed by atoms with Crippen molar-refractivity contribution in [2.75, 3.05) is 17.3 Å². The number of carbonyl (C=O) groups excluding carboxylic acids is 3. The summed E-state index contributed by atoms with van der Waals surface area (Å²) < 4.78 is 5.41. The Morgan fingerprint density at radius 1 is 0.909 bits per heavy atom. The summed E-state index contributed by atoms with van der Waals surface area (Å²) >= 11 is 0. The van der Waals surface area contributed by atoms with Gasteiger partial charge in [0.05, 0.1) is 24.0 Å². The quantitative estimate of drug-likeness (QED) is 0.171. The van der Waals surface area contributed by atoms with Gasteiger partial charge in [0.15, 0.2) is 11.6 Å². The van der Waals surface area contributed by atoms with Gasteiger partial charge in [0.25, 0.3) is 5.69 Å². The molecule has 1 fully saturated rings. The van der Waals surface area contributed by atoms with Gasteiger partial charge in [0.1, 0.15) is 17.2 Å². The van der Waals surface area contributed by atoms with Crippen LogP contribution in [-0.2, 0) is 10.2 Å². The van der Waals surface area contributed by atoms with Gasteiger partial charge in [-0.05, 0) is 42.3 Å². The normalized spacial score (nSPS) is 22.9. The second-order valence-electron chi connectivity index (χ2n) is 11.3. The summed E-state index contributed by atoms with van der Waals surface area (Å²) in [7, 11) is 1.51. The SMILES string of the molecule is COc1cccc(C(=O)[C@@H]2[C@H](C(=O)c3cccc([N+](=O)[O-])c3)[C@]3(C(=O)Nc4ccccc43)[C@H]3C=C(C)c4ccccc4N23)c1. The number of hydrogen-bond donors (Lipinski definition) is 1. The van der Waals surface area contributed by atoms with Crippen molar-refractivity contribution in [3.05, 3.63) is 136 Å². The minimum Gasteiger partial charge on any atom is -0.497 e. The van der Waals surface area contributed by atoms with E-state index in [9.17, 15) is 24.5 Å². The molecule has 4 atom stereocenters. The van der Waals surface area contributed by atoms with Gasteiger partial charge in [-0.2, -0.15) is 0 Å². The highest BCUT2D eigenvalue weighted by Crippen LogP contribution is 2.59. The number of nitro groups is 1. The standard InChI is InChI=1S/C35H27N3O6/c1-20-17-29-35(26-14-4-5-15-27(26)36-34(35)41)30(32(39)21-9-7-11-23(18-21)38(42)43)31(37(29)28-16-6-3-13-25(20)28)33(40)22-10-8-12-24(19-22)44-2/h3-19,29-31H,1-2H3,(H,36,41)/t29-,30-,31+,35-/m1/s1. The number of ether oxygens (including phenoxy) is 1. The number of ketones is 2. The Morgan fingerprint density at radius 2 is 1.61 bits per heavy atom. The van der Waals surface area contributed by atoms with Crippen LogP contribution >= 0.6 is 0 Å². The Balaban J connectivity index is 1.55. The number of fused-ring (bicyclic) bond motifs is 6. The molecule has 1 N–H and O–H groups in total. The van der Waals surface area contributed by atoms with Crippen molar-refractivity contribution in [3.63, 3.8) is 0 Å². The number of nitrogens with zero attached hydrogens (tertiary/aromatic N) is 2. The predicted octanol–water partition coefficient (Wildman–Crippen LogP) is 5.85. The lowest BCUT2D eigenvalue weighted by atomic mass is 9.64. The van der Waals surface area contributed by atoms with Crippen molar-refractivity contribution in [3.8, 4) is 5.75 Å². The van der Waals surface area contributed by atoms with E-state index in [0.717, 1.165) is 16.8 Å². The van der Waals surface area contributed by atoms with E-state index in [0.29, 0.717) is 22.6 Å². The van der Waals surface area contributed by atoms with E-state index >= 15 is 0 Å². The number of nitro benzene ring substituents is 1. The number of para-hydroxylation sites is 2. The first kappa shape index (κ1) is 27.3. The number of anilines is 2. The fourth-order valence-corrected chi connectivity index (χ4v) is 7.29. The fourth-order valence-electron chi connectivity index (χ4n) is 7.29. The summed E-state index contributed by atoms with van der Waals surface area (Å²) in [6.07, 6.45) is 1.97. The average Bonchev–Trinajstić information content (AvgIpc) is 3.52. The number of carbonyl (C=O) groups is 3. The molecule has 0 unspecified atom stereocenters. The van der Waals surface area contributed by atoms with Crippen LogP contribution in [0.3, 0.4) is 0 Å². The van der Waals surface area contributed by atoms with Crippen molar-refractivity contribution in [1.82, 2.24) is 0 Å². The minimum atomic E-state index is -1.52. The first-order valence-corrected chi connectivity index (χ1v) is 14.2. The van der Waals surface area contributed by atoms with E-state index in [1.165, 1.54) is 31.4 Å². The number of allylic oxidation sites excluding steroid dienone is 1. The number of benzene rings is 4. The van der Waals surface area contributed by atoms with Crippen molar-refractivity contribution >= 4 is 40.1 Å². The van der Waals surface area contributed by atoms with E-state index in [1.54, 1.807) is 36.4 Å². The van der Waals surface area contributed by atoms with Crippen molar-refractivity contribution in [2.45, 2.75) is 24.4 Å². The second-order valence-corrected chi connectivity index (χ2v) is 11.3. The fraction of sp³-hybridized carbons (Fsp3) is 0.171. The van der Waals surface area contributed by atoms with Crippen molar-refractivity contribution in [2.24, 2.45) is 5.92 Å². The molecule has 7 rings (SSSR count). The van der Waals surface area contributed by atoms with Crippen LogP contribution in [0.1, 0.15) is 38.8 Å². The van der Waals surface area contributed by atoms with E-state index in [4.69, 9.17) is 4.74 Å². The Kier molecular flexibility index (Phi) is 6.21. The van der Waals surface area contributed by atoms with Crippen LogP contribution in [-0.4, -0.2) is 41.6 Å². The molecule has 0 aromatic heterocycles. The number of methoxy groups -OCH3 is 1. The molecule has 3 aliphatic heterocycles. The molecule has 9 heteroatoms. The summed E-state index contributed by atoms with van der Waals surface area (Å²) in [5, 5.41) is 14.7. The maximum absolute atomic E-state index is 14.9. The summed E-state index contributed by atoms with van der Waals surface area (Å²) in [6.45, 7) is 1.96. The van der Waals surface area contributed by atoms with Crippen LogP contribution in [0.4, 0.5) is 17.1 Å². The first-order chi connectivity index (χ1) is 21.3. The molecular weight excluding hydrogens is 558 g/mol. The Morgan fingerprint density at radius 3 is 2.39 bits per heavy atom. The van der Waals surface area contributed by atoms with Gasteiger partial charge in [-0.15, -0.1) is 0 Å². The monoisotopic (exact) mass is 585 g/mol. The molecule has 1 saturated heterocycles. The highest BCUT2D eigenvalue weighted by molar-refractivity contribution is 6.18. The molecule has 218 valence electrons. The second kappa shape index (κ2) is 10.0. The van der Waals surface area contributed by atoms with E-state index in [2.05, 4.69) is 5.32 Å². The van der Waals surface area contributed by atoms with E-state index in [-0.39, 0.29) is 17.0 Å². The Bertz CT molecular complexity index is 1930. The molecule has 1 amide bonds. The van der Waals surface area contributed by atoms with Crippen LogP contribution < -0.4 is 15.0 Å². The average molecular weight is 586 g/mol. The van der Waals surface area contributed by atoms with Crippen molar-refractivity contribution < 1.29 is 24.0 Å². The predicted molar refractivity (Wildman–Crippen MR) is 165 cm³/mol. The Hall–Kier alpha value is -5.57. The van der Waals surface area contributed by atoms with E-state index < -0.39 is 40.0 Å². The third-order valence-electron chi connectivity index (χ3n) is 9.13. The van der Waals surface area contributed by atoms with E-state index in [1.807, 2.05) is 54.3 Å². The largest absolute Gasteiger partial charge is 0.497 e. The first-order valence-electron chi connectivity index (χ1n) is 14.2. The highest BCUT2D eigenvalue weighted by atomic mass is 16.6. The van der Waals surface area contributed by atoms with Gasteiger partial charge < -0.3 is 15.0 Å². The number of amides is 1. The van der Waals surface area contributed by atoms with Crippen LogP contribution in [0.15, 0.2) is 103 Å². The molecule has 0 radical (unpaired) electrons. The van der Waals surface area contributed by atoms with Crippen LogP contribution in [0.2, 0.25) is 0 Å². The maximum Gasteiger partial charge on any atom is 0.270 e. The topological polar surface area (TPSA) is 119 Å². The molecule has 4 aromatic rings. The summed E-state index contributed by atoms with van der Waals surface area (Å²) in [6, 6.07) is 25.2. The zero-order valence-electron chi connectivity index (χ0n) is 23.9. The number of hydrogen-bond acceptors (Lipinski definition) is 7.